The van der Waals surface area contributed by atoms with Crippen molar-refractivity contribution in [1.82, 2.24) is 9.80 Å². The van der Waals surface area contributed by atoms with Crippen LogP contribution in [0.1, 0.15) is 52.7 Å². The number of allylic oxidation sites excluding steroid dienone is 2. The zero-order chi connectivity index (χ0) is 27.4. The molecule has 37 heavy (non-hydrogen) atoms. The van der Waals surface area contributed by atoms with E-state index in [2.05, 4.69) is 106 Å². The van der Waals surface area contributed by atoms with Gasteiger partial charge < -0.3 is 18.8 Å². The van der Waals surface area contributed by atoms with Crippen LogP contribution in [0.3, 0.4) is 0 Å². The molecule has 0 fully saturated rings. The molecule has 0 amide bonds. The van der Waals surface area contributed by atoms with Crippen molar-refractivity contribution in [2.45, 2.75) is 47.2 Å². The van der Waals surface area contributed by atoms with E-state index >= 15 is 0 Å². The molecule has 0 heterocycles. The van der Waals surface area contributed by atoms with Gasteiger partial charge in [-0.1, -0.05) is 56.1 Å². The Hall–Kier alpha value is -1.37. The van der Waals surface area contributed by atoms with E-state index in [1.54, 1.807) is 0 Å². The van der Waals surface area contributed by atoms with Crippen LogP contribution in [0, 0.1) is 0 Å². The lowest BCUT2D eigenvalue weighted by molar-refractivity contribution is 0.218. The van der Waals surface area contributed by atoms with E-state index in [4.69, 9.17) is 9.05 Å². The number of hydrogen-bond acceptors (Lipinski definition) is 5. The predicted octanol–water partition coefficient (Wildman–Crippen LogP) is 8.91. The molecule has 0 spiro atoms. The highest BCUT2D eigenvalue weighted by Crippen LogP contribution is 2.55. The Balaban J connectivity index is 2.87. The number of hydrogen-bond donors (Lipinski definition) is 0. The average molecular weight is 656 g/mol. The fourth-order valence-electron chi connectivity index (χ4n) is 4.26. The molecule has 2 aromatic carbocycles. The Morgan fingerprint density at radius 1 is 0.703 bits per heavy atom. The van der Waals surface area contributed by atoms with Crippen LogP contribution in [0.15, 0.2) is 69.6 Å². The molecule has 8 heteroatoms. The van der Waals surface area contributed by atoms with Gasteiger partial charge in [-0.25, -0.2) is 0 Å². The van der Waals surface area contributed by atoms with Crippen molar-refractivity contribution in [1.29, 1.82) is 0 Å². The number of nitrogens with zero attached hydrogens (tertiary/aromatic N) is 2. The molecule has 0 N–H and O–H groups in total. The van der Waals surface area contributed by atoms with Crippen LogP contribution in [0.2, 0.25) is 0 Å². The number of benzene rings is 2. The summed E-state index contributed by atoms with van der Waals surface area (Å²) < 4.78 is 28.3. The molecule has 2 rings (SSSR count). The molecular weight excluding hydrogens is 615 g/mol. The second kappa shape index (κ2) is 15.9. The lowest BCUT2D eigenvalue weighted by Crippen LogP contribution is -2.25. The molecule has 0 aliphatic rings. The summed E-state index contributed by atoms with van der Waals surface area (Å²) in [6.45, 7) is 16.1. The Morgan fingerprint density at radius 3 is 1.30 bits per heavy atom. The molecule has 0 atom stereocenters. The van der Waals surface area contributed by atoms with E-state index < -0.39 is 13.3 Å². The molecule has 0 saturated carbocycles. The van der Waals surface area contributed by atoms with Crippen molar-refractivity contribution in [3.63, 3.8) is 0 Å². The summed E-state index contributed by atoms with van der Waals surface area (Å²) in [5.41, 5.74) is 3.53. The van der Waals surface area contributed by atoms with Gasteiger partial charge in [-0.2, -0.15) is 0 Å². The van der Waals surface area contributed by atoms with Gasteiger partial charge in [0.15, 0.2) is 0 Å². The minimum atomic E-state index is -3.54. The van der Waals surface area contributed by atoms with Crippen molar-refractivity contribution in [2.24, 2.45) is 0 Å². The second-order valence-electron chi connectivity index (χ2n) is 8.33. The van der Waals surface area contributed by atoms with Crippen molar-refractivity contribution < 1.29 is 13.6 Å². The van der Waals surface area contributed by atoms with Crippen LogP contribution in [0.25, 0.3) is 11.4 Å². The van der Waals surface area contributed by atoms with Gasteiger partial charge in [0.25, 0.3) is 0 Å². The van der Waals surface area contributed by atoms with Crippen molar-refractivity contribution >= 4 is 50.8 Å². The zero-order valence-electron chi connectivity index (χ0n) is 22.9. The number of halogens is 2. The van der Waals surface area contributed by atoms with Crippen molar-refractivity contribution in [2.75, 3.05) is 39.4 Å². The normalized spacial score (nSPS) is 12.8. The quantitative estimate of drug-likeness (QED) is 0.179. The van der Waals surface area contributed by atoms with Gasteiger partial charge in [0, 0.05) is 46.5 Å². The Kier molecular flexibility index (Phi) is 13.7. The van der Waals surface area contributed by atoms with Gasteiger partial charge in [-0.05, 0) is 89.1 Å². The SMILES string of the molecule is CCOP(=O)(OCC)C(/C=C(/c1ccc(Br)cc1)N(CC)CC)/C=C(/c1ccc(Br)cc1)N(CC)CC. The maximum Gasteiger partial charge on any atom is 0.341 e. The topological polar surface area (TPSA) is 42.0 Å². The van der Waals surface area contributed by atoms with E-state index in [0.717, 1.165) is 57.6 Å². The smallest absolute Gasteiger partial charge is 0.341 e. The highest BCUT2D eigenvalue weighted by molar-refractivity contribution is 9.10. The highest BCUT2D eigenvalue weighted by Gasteiger charge is 2.34. The second-order valence-corrected chi connectivity index (χ2v) is 12.4. The minimum absolute atomic E-state index is 0.299. The standard InChI is InChI=1S/C29H41Br2N2O3P/c1-7-32(8-2)28(23-13-17-25(30)18-14-23)21-27(37(34,35-11-5)36-12-6)22-29(33(9-3)10-4)24-15-19-26(31)20-16-24/h13-22,27H,7-12H2,1-6H3/b28-21-,29-22-. The summed E-state index contributed by atoms with van der Waals surface area (Å²) >= 11 is 7.10. The zero-order valence-corrected chi connectivity index (χ0v) is 27.0. The summed E-state index contributed by atoms with van der Waals surface area (Å²) in [5, 5.41) is 0. The molecule has 0 aliphatic heterocycles. The maximum absolute atomic E-state index is 14.4. The summed E-state index contributed by atoms with van der Waals surface area (Å²) in [6, 6.07) is 16.5. The Morgan fingerprint density at radius 2 is 1.03 bits per heavy atom. The first kappa shape index (κ1) is 31.8. The van der Waals surface area contributed by atoms with E-state index in [0.29, 0.717) is 13.2 Å². The van der Waals surface area contributed by atoms with Gasteiger partial charge in [0.05, 0.1) is 13.2 Å². The molecule has 0 aliphatic carbocycles. The van der Waals surface area contributed by atoms with Crippen LogP contribution in [-0.4, -0.2) is 54.9 Å². The summed E-state index contributed by atoms with van der Waals surface area (Å²) in [4.78, 5) is 4.56. The monoisotopic (exact) mass is 654 g/mol. The van der Waals surface area contributed by atoms with Crippen LogP contribution in [-0.2, 0) is 13.6 Å². The van der Waals surface area contributed by atoms with Crippen LogP contribution in [0.5, 0.6) is 0 Å². The first-order valence-electron chi connectivity index (χ1n) is 13.1. The third-order valence-electron chi connectivity index (χ3n) is 6.13. The van der Waals surface area contributed by atoms with Crippen molar-refractivity contribution in [3.05, 3.63) is 80.8 Å². The molecule has 5 nitrogen and oxygen atoms in total. The lowest BCUT2D eigenvalue weighted by atomic mass is 10.1. The van der Waals surface area contributed by atoms with E-state index in [-0.39, 0.29) is 0 Å². The van der Waals surface area contributed by atoms with Gasteiger partial charge in [-0.15, -0.1) is 0 Å². The van der Waals surface area contributed by atoms with E-state index in [9.17, 15) is 4.57 Å². The molecule has 2 aromatic rings. The van der Waals surface area contributed by atoms with Gasteiger partial charge in [0.2, 0.25) is 0 Å². The molecular formula is C29H41Br2N2O3P. The molecule has 0 unspecified atom stereocenters. The molecule has 204 valence electrons. The lowest BCUT2D eigenvalue weighted by Gasteiger charge is -2.30. The highest BCUT2D eigenvalue weighted by atomic mass is 79.9. The molecule has 0 radical (unpaired) electrons. The fourth-order valence-corrected chi connectivity index (χ4v) is 6.58. The minimum Gasteiger partial charge on any atom is -0.372 e. The van der Waals surface area contributed by atoms with Gasteiger partial charge in [-0.3, -0.25) is 4.57 Å². The van der Waals surface area contributed by atoms with Crippen molar-refractivity contribution in [3.8, 4) is 0 Å². The summed E-state index contributed by atoms with van der Waals surface area (Å²) in [5.74, 6) is 0. The third-order valence-corrected chi connectivity index (χ3v) is 9.45. The third kappa shape index (κ3) is 8.83. The predicted molar refractivity (Wildman–Crippen MR) is 165 cm³/mol. The van der Waals surface area contributed by atoms with Crippen LogP contribution in [0.4, 0.5) is 0 Å². The summed E-state index contributed by atoms with van der Waals surface area (Å²) in [6.07, 6.45) is 4.15. The van der Waals surface area contributed by atoms with Crippen LogP contribution < -0.4 is 0 Å². The Bertz CT molecular complexity index is 982. The largest absolute Gasteiger partial charge is 0.372 e. The molecule has 0 bridgehead atoms. The molecule has 0 saturated heterocycles. The molecule has 0 aromatic heterocycles. The summed E-state index contributed by atoms with van der Waals surface area (Å²) in [7, 11) is -3.54. The van der Waals surface area contributed by atoms with Gasteiger partial charge >= 0.3 is 7.60 Å². The first-order chi connectivity index (χ1) is 17.8. The van der Waals surface area contributed by atoms with Gasteiger partial charge in [0.1, 0.15) is 5.66 Å². The average Bonchev–Trinajstić information content (AvgIpc) is 2.89. The van der Waals surface area contributed by atoms with E-state index in [1.165, 1.54) is 0 Å². The fraction of sp³-hybridized carbons (Fsp3) is 0.448. The number of rotatable bonds is 15. The maximum atomic E-state index is 14.4. The first-order valence-corrected chi connectivity index (χ1v) is 16.3. The van der Waals surface area contributed by atoms with Crippen LogP contribution >= 0.6 is 39.5 Å². The van der Waals surface area contributed by atoms with E-state index in [1.807, 2.05) is 38.1 Å². The Labute approximate surface area is 240 Å².